The molecule has 4 nitrogen and oxygen atoms in total. The summed E-state index contributed by atoms with van der Waals surface area (Å²) in [6.45, 7) is 4.09. The van der Waals surface area contributed by atoms with Gasteiger partial charge in [-0.05, 0) is 36.1 Å². The Hall–Kier alpha value is -2.17. The second-order valence-corrected chi connectivity index (χ2v) is 6.51. The van der Waals surface area contributed by atoms with Gasteiger partial charge in [-0.3, -0.25) is 10.00 Å². The van der Waals surface area contributed by atoms with E-state index in [-0.39, 0.29) is 6.04 Å². The summed E-state index contributed by atoms with van der Waals surface area (Å²) in [4.78, 5) is 2.48. The molecular weight excluding hydrogens is 284 g/mol. The largest absolute Gasteiger partial charge is 0.326 e. The molecule has 4 heteroatoms. The van der Waals surface area contributed by atoms with E-state index in [1.54, 1.807) is 0 Å². The van der Waals surface area contributed by atoms with Gasteiger partial charge in [0.25, 0.3) is 0 Å². The number of hydrogen-bond donors (Lipinski definition) is 2. The molecule has 0 aliphatic carbocycles. The van der Waals surface area contributed by atoms with Gasteiger partial charge in [0, 0.05) is 30.6 Å². The molecule has 2 heterocycles. The fraction of sp³-hybridized carbons (Fsp3) is 0.316. The summed E-state index contributed by atoms with van der Waals surface area (Å²) in [6, 6.07) is 15.5. The van der Waals surface area contributed by atoms with E-state index in [0.29, 0.717) is 6.04 Å². The van der Waals surface area contributed by atoms with E-state index < -0.39 is 0 Å². The lowest BCUT2D eigenvalue weighted by Gasteiger charge is -2.30. The summed E-state index contributed by atoms with van der Waals surface area (Å²) in [5.74, 6) is 0. The van der Waals surface area contributed by atoms with Gasteiger partial charge in [0.05, 0.1) is 11.7 Å². The van der Waals surface area contributed by atoms with Crippen LogP contribution in [-0.2, 0) is 13.0 Å². The number of nitrogens with zero attached hydrogens (tertiary/aromatic N) is 2. The Kier molecular flexibility index (Phi) is 3.63. The average Bonchev–Trinajstić information content (AvgIpc) is 2.98. The lowest BCUT2D eigenvalue weighted by Crippen LogP contribution is -2.37. The summed E-state index contributed by atoms with van der Waals surface area (Å²) in [6.07, 6.45) is 2.87. The highest BCUT2D eigenvalue weighted by molar-refractivity contribution is 5.83. The highest BCUT2D eigenvalue weighted by Crippen LogP contribution is 2.30. The molecular formula is C19H22N4. The standard InChI is InChI=1S/C19H22N4/c1-13(14-5-3-2-4-6-14)23-11-16(20)9-15-7-8-19-17(10-21-22-19)18(15)12-23/h2-8,10,13,16H,9,11-12,20H2,1H3,(H,21,22)/t13-,16?/m0/s1. The van der Waals surface area contributed by atoms with Crippen molar-refractivity contribution in [3.8, 4) is 0 Å². The maximum absolute atomic E-state index is 6.41. The van der Waals surface area contributed by atoms with Crippen molar-refractivity contribution in [3.63, 3.8) is 0 Å². The third kappa shape index (κ3) is 2.64. The van der Waals surface area contributed by atoms with Gasteiger partial charge >= 0.3 is 0 Å². The molecule has 0 bridgehead atoms. The fourth-order valence-electron chi connectivity index (χ4n) is 3.65. The number of rotatable bonds is 2. The maximum Gasteiger partial charge on any atom is 0.0653 e. The van der Waals surface area contributed by atoms with Gasteiger partial charge in [0.2, 0.25) is 0 Å². The molecule has 4 rings (SSSR count). The van der Waals surface area contributed by atoms with Crippen molar-refractivity contribution in [1.82, 2.24) is 15.1 Å². The summed E-state index contributed by atoms with van der Waals surface area (Å²) in [5, 5.41) is 8.51. The van der Waals surface area contributed by atoms with Crippen molar-refractivity contribution in [2.75, 3.05) is 6.54 Å². The van der Waals surface area contributed by atoms with Gasteiger partial charge in [0.1, 0.15) is 0 Å². The number of benzene rings is 2. The van der Waals surface area contributed by atoms with Crippen molar-refractivity contribution in [1.29, 1.82) is 0 Å². The first kappa shape index (κ1) is 14.4. The van der Waals surface area contributed by atoms with Crippen LogP contribution in [0.1, 0.15) is 29.7 Å². The lowest BCUT2D eigenvalue weighted by molar-refractivity contribution is 0.195. The number of aromatic nitrogens is 2. The zero-order chi connectivity index (χ0) is 15.8. The Balaban J connectivity index is 1.74. The molecule has 0 spiro atoms. The first-order valence-electron chi connectivity index (χ1n) is 8.21. The zero-order valence-electron chi connectivity index (χ0n) is 13.4. The Morgan fingerprint density at radius 1 is 1.22 bits per heavy atom. The van der Waals surface area contributed by atoms with Crippen molar-refractivity contribution in [2.24, 2.45) is 5.73 Å². The number of fused-ring (bicyclic) bond motifs is 3. The molecule has 118 valence electrons. The molecule has 1 aliphatic rings. The number of aromatic amines is 1. The van der Waals surface area contributed by atoms with Crippen molar-refractivity contribution in [2.45, 2.75) is 32.0 Å². The second kappa shape index (κ2) is 5.80. The zero-order valence-corrected chi connectivity index (χ0v) is 13.4. The molecule has 1 aliphatic heterocycles. The van der Waals surface area contributed by atoms with E-state index in [0.717, 1.165) is 25.0 Å². The minimum atomic E-state index is 0.159. The van der Waals surface area contributed by atoms with E-state index >= 15 is 0 Å². The number of nitrogens with one attached hydrogen (secondary N) is 1. The highest BCUT2D eigenvalue weighted by Gasteiger charge is 2.25. The van der Waals surface area contributed by atoms with Crippen LogP contribution in [-0.4, -0.2) is 27.7 Å². The fourth-order valence-corrected chi connectivity index (χ4v) is 3.65. The molecule has 23 heavy (non-hydrogen) atoms. The van der Waals surface area contributed by atoms with Crippen LogP contribution < -0.4 is 5.73 Å². The van der Waals surface area contributed by atoms with Gasteiger partial charge in [-0.15, -0.1) is 0 Å². The SMILES string of the molecule is C[C@@H](c1ccccc1)N1Cc2c(ccc3[nH]ncc23)CC(N)C1. The minimum absolute atomic E-state index is 0.159. The van der Waals surface area contributed by atoms with Crippen LogP contribution in [0.3, 0.4) is 0 Å². The first-order chi connectivity index (χ1) is 11.2. The predicted molar refractivity (Wildman–Crippen MR) is 93.0 cm³/mol. The average molecular weight is 306 g/mol. The van der Waals surface area contributed by atoms with Crippen molar-refractivity contribution >= 4 is 10.9 Å². The van der Waals surface area contributed by atoms with E-state index in [9.17, 15) is 0 Å². The molecule has 0 amide bonds. The Morgan fingerprint density at radius 2 is 2.04 bits per heavy atom. The number of nitrogens with two attached hydrogens (primary N) is 1. The Bertz CT molecular complexity index is 809. The summed E-state index contributed by atoms with van der Waals surface area (Å²) in [5.41, 5.74) is 11.6. The molecule has 3 aromatic rings. The molecule has 0 saturated heterocycles. The van der Waals surface area contributed by atoms with Gasteiger partial charge in [-0.25, -0.2) is 0 Å². The smallest absolute Gasteiger partial charge is 0.0653 e. The van der Waals surface area contributed by atoms with Crippen LogP contribution in [0, 0.1) is 0 Å². The Labute approximate surface area is 136 Å². The van der Waals surface area contributed by atoms with E-state index in [1.165, 1.54) is 22.1 Å². The van der Waals surface area contributed by atoms with Gasteiger partial charge in [-0.1, -0.05) is 36.4 Å². The summed E-state index contributed by atoms with van der Waals surface area (Å²) in [7, 11) is 0. The number of hydrogen-bond acceptors (Lipinski definition) is 3. The quantitative estimate of drug-likeness (QED) is 0.765. The molecule has 1 unspecified atom stereocenters. The molecule has 2 aromatic carbocycles. The van der Waals surface area contributed by atoms with Crippen LogP contribution in [0.2, 0.25) is 0 Å². The molecule has 3 N–H and O–H groups in total. The van der Waals surface area contributed by atoms with Crippen molar-refractivity contribution in [3.05, 3.63) is 65.4 Å². The second-order valence-electron chi connectivity index (χ2n) is 6.51. The third-order valence-electron chi connectivity index (χ3n) is 4.97. The Morgan fingerprint density at radius 3 is 2.87 bits per heavy atom. The maximum atomic E-state index is 6.41. The van der Waals surface area contributed by atoms with Crippen LogP contribution in [0.15, 0.2) is 48.7 Å². The predicted octanol–water partition coefficient (Wildman–Crippen LogP) is 3.01. The monoisotopic (exact) mass is 306 g/mol. The first-order valence-corrected chi connectivity index (χ1v) is 8.21. The molecule has 0 saturated carbocycles. The minimum Gasteiger partial charge on any atom is -0.326 e. The van der Waals surface area contributed by atoms with Crippen LogP contribution in [0.25, 0.3) is 10.9 Å². The molecule has 0 radical (unpaired) electrons. The van der Waals surface area contributed by atoms with Crippen LogP contribution in [0.5, 0.6) is 0 Å². The summed E-state index contributed by atoms with van der Waals surface area (Å²) >= 11 is 0. The normalized spacial score (nSPS) is 20.2. The van der Waals surface area contributed by atoms with E-state index in [4.69, 9.17) is 5.73 Å². The third-order valence-corrected chi connectivity index (χ3v) is 4.97. The van der Waals surface area contributed by atoms with Gasteiger partial charge in [0.15, 0.2) is 0 Å². The van der Waals surface area contributed by atoms with Gasteiger partial charge in [-0.2, -0.15) is 5.10 Å². The lowest BCUT2D eigenvalue weighted by atomic mass is 9.99. The van der Waals surface area contributed by atoms with E-state index in [2.05, 4.69) is 64.5 Å². The molecule has 1 aromatic heterocycles. The molecule has 0 fully saturated rings. The van der Waals surface area contributed by atoms with Gasteiger partial charge < -0.3 is 5.73 Å². The van der Waals surface area contributed by atoms with Crippen LogP contribution in [0.4, 0.5) is 0 Å². The molecule has 2 atom stereocenters. The van der Waals surface area contributed by atoms with E-state index in [1.807, 2.05) is 6.20 Å². The topological polar surface area (TPSA) is 57.9 Å². The van der Waals surface area contributed by atoms with Crippen molar-refractivity contribution < 1.29 is 0 Å². The highest BCUT2D eigenvalue weighted by atomic mass is 15.2. The number of H-pyrrole nitrogens is 1. The van der Waals surface area contributed by atoms with Crippen LogP contribution >= 0.6 is 0 Å². The summed E-state index contributed by atoms with van der Waals surface area (Å²) < 4.78 is 0.